The smallest absolute Gasteiger partial charge is 0.272 e. The number of amides is 1. The average Bonchev–Trinajstić information content (AvgIpc) is 2.46. The molecule has 2 N–H and O–H groups in total. The number of aliphatic hydroxyl groups excluding tert-OH is 2. The molecule has 0 saturated heterocycles. The van der Waals surface area contributed by atoms with Crippen molar-refractivity contribution in [2.75, 3.05) is 25.4 Å². The summed E-state index contributed by atoms with van der Waals surface area (Å²) in [7, 11) is 0. The molecule has 1 rings (SSSR count). The quantitative estimate of drug-likeness (QED) is 0.731. The van der Waals surface area contributed by atoms with Crippen LogP contribution in [0.4, 0.5) is 0 Å². The topological polar surface area (TPSA) is 73.7 Å². The summed E-state index contributed by atoms with van der Waals surface area (Å²) in [5, 5.41) is 18.1. The van der Waals surface area contributed by atoms with E-state index in [2.05, 4.69) is 4.98 Å². The van der Waals surface area contributed by atoms with Gasteiger partial charge in [0.25, 0.3) is 5.91 Å². The van der Waals surface area contributed by atoms with E-state index in [9.17, 15) is 9.90 Å². The lowest BCUT2D eigenvalue weighted by Crippen LogP contribution is -2.31. The van der Waals surface area contributed by atoms with Gasteiger partial charge < -0.3 is 15.1 Å². The van der Waals surface area contributed by atoms with Crippen molar-refractivity contribution >= 4 is 17.7 Å². The van der Waals surface area contributed by atoms with Crippen molar-refractivity contribution in [3.05, 3.63) is 24.0 Å². The van der Waals surface area contributed by atoms with Crippen LogP contribution < -0.4 is 0 Å². The first kappa shape index (κ1) is 15.9. The number of hydrogen-bond donors (Lipinski definition) is 2. The first-order valence-electron chi connectivity index (χ1n) is 6.29. The third kappa shape index (κ3) is 4.81. The molecular formula is C13H20N2O3S. The fraction of sp³-hybridized carbons (Fsp3) is 0.538. The molecule has 6 heteroatoms. The van der Waals surface area contributed by atoms with E-state index in [-0.39, 0.29) is 12.5 Å². The summed E-state index contributed by atoms with van der Waals surface area (Å²) in [6.45, 7) is 4.90. The maximum absolute atomic E-state index is 12.1. The molecule has 0 aliphatic rings. The summed E-state index contributed by atoms with van der Waals surface area (Å²) in [5.41, 5.74) is 0.409. The molecule has 106 valence electrons. The molecule has 0 fully saturated rings. The van der Waals surface area contributed by atoms with Crippen molar-refractivity contribution in [3.63, 3.8) is 0 Å². The number of pyridine rings is 1. The van der Waals surface area contributed by atoms with Crippen LogP contribution in [0, 0.1) is 0 Å². The Labute approximate surface area is 117 Å². The number of hydrogen-bond acceptors (Lipinski definition) is 5. The number of carbonyl (C=O) groups excluding carboxylic acids is 1. The van der Waals surface area contributed by atoms with Gasteiger partial charge in [-0.25, -0.2) is 0 Å². The second-order valence-electron chi connectivity index (χ2n) is 4.00. The summed E-state index contributed by atoms with van der Waals surface area (Å²) in [6, 6.07) is 3.50. The van der Waals surface area contributed by atoms with Crippen molar-refractivity contribution in [1.82, 2.24) is 9.88 Å². The predicted molar refractivity (Wildman–Crippen MR) is 75.3 cm³/mol. The van der Waals surface area contributed by atoms with E-state index in [0.29, 0.717) is 24.5 Å². The van der Waals surface area contributed by atoms with Crippen LogP contribution in [0.5, 0.6) is 0 Å². The first-order valence-corrected chi connectivity index (χ1v) is 7.27. The Balaban J connectivity index is 2.73. The molecule has 0 bridgehead atoms. The van der Waals surface area contributed by atoms with E-state index in [1.54, 1.807) is 23.2 Å². The van der Waals surface area contributed by atoms with Gasteiger partial charge in [0.05, 0.1) is 12.7 Å². The van der Waals surface area contributed by atoms with Gasteiger partial charge in [0.15, 0.2) is 0 Å². The summed E-state index contributed by atoms with van der Waals surface area (Å²) in [4.78, 5) is 18.8. The maximum Gasteiger partial charge on any atom is 0.272 e. The minimum atomic E-state index is -0.750. The lowest BCUT2D eigenvalue weighted by molar-refractivity contribution is 0.0767. The Hall–Kier alpha value is -1.11. The summed E-state index contributed by atoms with van der Waals surface area (Å²) in [6.07, 6.45) is 0.838. The van der Waals surface area contributed by atoms with Crippen LogP contribution in [-0.4, -0.2) is 57.6 Å². The second kappa shape index (κ2) is 8.14. The molecule has 1 aromatic rings. The van der Waals surface area contributed by atoms with Gasteiger partial charge in [-0.3, -0.25) is 9.78 Å². The molecule has 1 amide bonds. The fourth-order valence-electron chi connectivity index (χ4n) is 1.54. The molecule has 0 aliphatic heterocycles. The van der Waals surface area contributed by atoms with E-state index >= 15 is 0 Å². The van der Waals surface area contributed by atoms with Gasteiger partial charge in [-0.15, -0.1) is 11.8 Å². The number of aromatic nitrogens is 1. The number of thioether (sulfide) groups is 1. The van der Waals surface area contributed by atoms with Crippen LogP contribution in [0.2, 0.25) is 0 Å². The lowest BCUT2D eigenvalue weighted by atomic mass is 10.3. The highest BCUT2D eigenvalue weighted by Gasteiger charge is 2.14. The number of carbonyl (C=O) groups is 1. The van der Waals surface area contributed by atoms with Crippen LogP contribution in [0.25, 0.3) is 0 Å². The summed E-state index contributed by atoms with van der Waals surface area (Å²) in [5.74, 6) is 0.300. The van der Waals surface area contributed by atoms with Crippen molar-refractivity contribution in [2.45, 2.75) is 24.8 Å². The second-order valence-corrected chi connectivity index (χ2v) is 5.10. The summed E-state index contributed by atoms with van der Waals surface area (Å²) >= 11 is 1.39. The minimum Gasteiger partial charge on any atom is -0.394 e. The van der Waals surface area contributed by atoms with Gasteiger partial charge in [0.2, 0.25) is 0 Å². The maximum atomic E-state index is 12.1. The van der Waals surface area contributed by atoms with Crippen molar-refractivity contribution in [2.24, 2.45) is 0 Å². The molecule has 1 atom stereocenters. The molecule has 0 radical (unpaired) electrons. The molecule has 0 aromatic carbocycles. The van der Waals surface area contributed by atoms with Crippen LogP contribution in [-0.2, 0) is 0 Å². The van der Waals surface area contributed by atoms with Gasteiger partial charge in [-0.1, -0.05) is 0 Å². The van der Waals surface area contributed by atoms with E-state index in [0.717, 1.165) is 4.90 Å². The van der Waals surface area contributed by atoms with Gasteiger partial charge >= 0.3 is 0 Å². The average molecular weight is 284 g/mol. The summed E-state index contributed by atoms with van der Waals surface area (Å²) < 4.78 is 0. The molecule has 19 heavy (non-hydrogen) atoms. The van der Waals surface area contributed by atoms with Crippen LogP contribution in [0.3, 0.4) is 0 Å². The zero-order valence-corrected chi connectivity index (χ0v) is 12.1. The molecule has 1 heterocycles. The fourth-order valence-corrected chi connectivity index (χ4v) is 2.38. The molecule has 0 spiro atoms. The highest BCUT2D eigenvalue weighted by atomic mass is 32.2. The van der Waals surface area contributed by atoms with Gasteiger partial charge in [0.1, 0.15) is 5.69 Å². The monoisotopic (exact) mass is 284 g/mol. The third-order valence-corrected chi connectivity index (χ3v) is 3.79. The normalized spacial score (nSPS) is 12.2. The molecule has 1 aromatic heterocycles. The molecule has 0 saturated carbocycles. The molecular weight excluding hydrogens is 264 g/mol. The number of aliphatic hydroxyl groups is 2. The Kier molecular flexibility index (Phi) is 6.83. The Morgan fingerprint density at radius 3 is 2.74 bits per heavy atom. The van der Waals surface area contributed by atoms with Crippen molar-refractivity contribution in [1.29, 1.82) is 0 Å². The molecule has 5 nitrogen and oxygen atoms in total. The van der Waals surface area contributed by atoms with Crippen LogP contribution >= 0.6 is 11.8 Å². The lowest BCUT2D eigenvalue weighted by Gasteiger charge is -2.18. The van der Waals surface area contributed by atoms with Crippen LogP contribution in [0.15, 0.2) is 23.2 Å². The number of rotatable bonds is 7. The Morgan fingerprint density at radius 1 is 1.47 bits per heavy atom. The first-order chi connectivity index (χ1) is 9.12. The highest BCUT2D eigenvalue weighted by Crippen LogP contribution is 2.19. The van der Waals surface area contributed by atoms with Crippen LogP contribution in [0.1, 0.15) is 24.3 Å². The van der Waals surface area contributed by atoms with Crippen molar-refractivity contribution in [3.8, 4) is 0 Å². The van der Waals surface area contributed by atoms with Crippen molar-refractivity contribution < 1.29 is 15.0 Å². The van der Waals surface area contributed by atoms with E-state index in [4.69, 9.17) is 5.11 Å². The standard InChI is InChI=1S/C13H20N2O3S/c1-3-15(4-2)13(18)12-7-11(5-6-14-12)19-9-10(17)8-16/h5-7,10,16-17H,3-4,8-9H2,1-2H3. The predicted octanol–water partition coefficient (Wildman–Crippen LogP) is 1.01. The highest BCUT2D eigenvalue weighted by molar-refractivity contribution is 7.99. The van der Waals surface area contributed by atoms with Gasteiger partial charge in [0, 0.05) is 29.9 Å². The largest absolute Gasteiger partial charge is 0.394 e. The molecule has 0 aliphatic carbocycles. The number of nitrogens with zero attached hydrogens (tertiary/aromatic N) is 2. The third-order valence-electron chi connectivity index (χ3n) is 2.65. The SMILES string of the molecule is CCN(CC)C(=O)c1cc(SCC(O)CO)ccn1. The van der Waals surface area contributed by atoms with E-state index in [1.807, 2.05) is 13.8 Å². The van der Waals surface area contributed by atoms with E-state index < -0.39 is 6.10 Å². The van der Waals surface area contributed by atoms with Gasteiger partial charge in [-0.05, 0) is 26.0 Å². The Morgan fingerprint density at radius 2 is 2.16 bits per heavy atom. The molecule has 1 unspecified atom stereocenters. The Bertz CT molecular complexity index is 411. The minimum absolute atomic E-state index is 0.0878. The zero-order chi connectivity index (χ0) is 14.3. The zero-order valence-electron chi connectivity index (χ0n) is 11.2. The van der Waals surface area contributed by atoms with Gasteiger partial charge in [-0.2, -0.15) is 0 Å². The van der Waals surface area contributed by atoms with E-state index in [1.165, 1.54) is 11.8 Å².